The highest BCUT2D eigenvalue weighted by atomic mass is 19.1. The van der Waals surface area contributed by atoms with E-state index in [0.717, 1.165) is 47.7 Å². The monoisotopic (exact) mass is 1490 g/mol. The zero-order chi connectivity index (χ0) is 77.9. The van der Waals surface area contributed by atoms with Crippen LogP contribution < -0.4 is 58.9 Å². The molecule has 39 nitrogen and oxygen atoms in total. The Bertz CT molecular complexity index is 3220. The fourth-order valence-electron chi connectivity index (χ4n) is 9.68. The van der Waals surface area contributed by atoms with Crippen LogP contribution >= 0.6 is 0 Å². The molecular weight excluding hydrogens is 1390 g/mol. The third-order valence-corrected chi connectivity index (χ3v) is 15.5. The summed E-state index contributed by atoms with van der Waals surface area (Å²) in [5.74, 6) is -9.46. The molecule has 0 spiro atoms. The quantitative estimate of drug-likeness (QED) is 0.0108. The second-order valence-corrected chi connectivity index (χ2v) is 24.3. The number of amides is 9. The van der Waals surface area contributed by atoms with Crippen LogP contribution in [0.15, 0.2) is 73.1 Å². The van der Waals surface area contributed by atoms with Crippen molar-refractivity contribution in [3.63, 3.8) is 0 Å². The van der Waals surface area contributed by atoms with Gasteiger partial charge in [-0.15, -0.1) is 10.2 Å². The largest absolute Gasteiger partial charge is 0.481 e. The van der Waals surface area contributed by atoms with Gasteiger partial charge in [-0.3, -0.25) is 68.8 Å². The van der Waals surface area contributed by atoms with Crippen LogP contribution in [0.1, 0.15) is 89.9 Å². The summed E-state index contributed by atoms with van der Waals surface area (Å²) >= 11 is 0. The zero-order valence-electron chi connectivity index (χ0n) is 59.6. The summed E-state index contributed by atoms with van der Waals surface area (Å²) in [6.07, 6.45) is -0.885. The highest BCUT2D eigenvalue weighted by Crippen LogP contribution is 2.20. The Kier molecular flexibility index (Phi) is 42.5. The van der Waals surface area contributed by atoms with E-state index in [1.54, 1.807) is 6.20 Å². The molecule has 0 aliphatic heterocycles. The molecular formula is C65H103FN18O21. The van der Waals surface area contributed by atoms with Crippen LogP contribution in [0.4, 0.5) is 4.39 Å². The highest BCUT2D eigenvalue weighted by molar-refractivity contribution is 6.04. The standard InChI is InChI=1S/C65H103FN18O21/c1-7-45(12-8-9-20-66)84(62(99)39(2)75-60(97)55(40(3)86)79-53(91)37-72-58(95)47(31-49-80-82-83-81-49)78-64(101)65(5,6)63(100)69-21-18-44-34-68-38-74-44)56(41(4)87)61(98)73-36-52(90)77-48(32-54(92)93)59(96)71-35-51(89)76-46(57(67)94)13-10-11-42-14-16-43(17-15-42)33-70-50(88)19-23-102-25-27-104-29-30-105-28-26-103-24-22-85/h7-9,12,14-17,20,34,38-41,46-48,52-53,55-56,58,72,77,79,85-87,90-91,95H,10-11,13,18-19,21-33,35-37H2,1-6H3,(H2,67,94)(H,68,74)(H,69,100)(H,70,88)(H,71,96)(H,73,98)(H,75,97)(H,76,89)(H,78,101)(H,92,93)(H,80,81,82,83)/b12-8-,20-9+,45-7-/t39-,40-,41?,46+,47+,48+,52?,53?,55+,56+,58?/m1/s1. The van der Waals surface area contributed by atoms with Crippen molar-refractivity contribution in [3.8, 4) is 0 Å². The molecule has 3 rings (SSSR count). The maximum Gasteiger partial charge on any atom is 0.305 e. The Morgan fingerprint density at radius 1 is 0.724 bits per heavy atom. The van der Waals surface area contributed by atoms with Crippen molar-refractivity contribution < 1.29 is 107 Å². The molecule has 0 radical (unpaired) electrons. The first-order chi connectivity index (χ1) is 50.0. The highest BCUT2D eigenvalue weighted by Gasteiger charge is 2.41. The number of rotatable bonds is 55. The number of ether oxygens (including phenoxy) is 4. The fraction of sp³-hybridized carbons (Fsp3) is 0.600. The van der Waals surface area contributed by atoms with Crippen molar-refractivity contribution >= 4 is 59.1 Å². The summed E-state index contributed by atoms with van der Waals surface area (Å²) in [5.41, 5.74) is 6.18. The number of primary amides is 1. The van der Waals surface area contributed by atoms with Gasteiger partial charge in [-0.2, -0.15) is 5.21 Å². The number of halogens is 1. The minimum atomic E-state index is -1.94. The van der Waals surface area contributed by atoms with E-state index in [1.807, 2.05) is 24.3 Å². The van der Waals surface area contributed by atoms with Crippen LogP contribution in [0.3, 0.4) is 0 Å². The lowest BCUT2D eigenvalue weighted by molar-refractivity contribution is -0.144. The lowest BCUT2D eigenvalue weighted by atomic mass is 9.90. The Hall–Kier alpha value is -9.17. The molecule has 11 atom stereocenters. The van der Waals surface area contributed by atoms with Crippen molar-refractivity contribution in [1.29, 1.82) is 0 Å². The number of nitrogens with two attached hydrogens (primary N) is 1. The number of nitrogens with one attached hydrogen (secondary N) is 12. The Labute approximate surface area is 605 Å². The number of tetrazole rings is 1. The van der Waals surface area contributed by atoms with Gasteiger partial charge in [0, 0.05) is 56.5 Å². The predicted molar refractivity (Wildman–Crippen MR) is 369 cm³/mol. The van der Waals surface area contributed by atoms with Crippen LogP contribution in [0, 0.1) is 5.41 Å². The SMILES string of the molecule is C/C=C(/C=C\C=C\F)N(C(=O)[C@@H](C)NC(=O)[C@@H](NC(O)CNC(O)[C@H](Cc1nn[nH]n1)NC(=O)C(C)(C)C(=O)NCCc1cnc[nH]1)[C@@H](C)O)[C@H](C(=O)NCC(O)N[C@@H](CC(=O)O)C(=O)NCC(=O)N[C@@H](CCCc1ccc(CNC(=O)CCOCCOCCOCCOCCO)cc1)C(N)=O)C(C)O. The molecule has 0 saturated carbocycles. The van der Waals surface area contributed by atoms with Crippen molar-refractivity contribution in [3.05, 3.63) is 95.8 Å². The van der Waals surface area contributed by atoms with Gasteiger partial charge >= 0.3 is 5.97 Å². The molecule has 9 amide bonds. The summed E-state index contributed by atoms with van der Waals surface area (Å²) in [4.78, 5) is 140. The number of imidazole rings is 1. The van der Waals surface area contributed by atoms with Crippen LogP contribution in [-0.4, -0.2) is 283 Å². The number of aliphatic hydroxyl groups is 6. The number of carbonyl (C=O) groups excluding carboxylic acids is 9. The van der Waals surface area contributed by atoms with E-state index in [-0.39, 0.29) is 75.9 Å². The number of aromatic nitrogens is 6. The number of allylic oxidation sites excluding steroid dienone is 4. The summed E-state index contributed by atoms with van der Waals surface area (Å²) in [7, 11) is 0. The number of H-pyrrole nitrogens is 2. The summed E-state index contributed by atoms with van der Waals surface area (Å²) in [6, 6.07) is -2.21. The van der Waals surface area contributed by atoms with Crippen LogP contribution in [0.2, 0.25) is 0 Å². The minimum Gasteiger partial charge on any atom is -0.481 e. The average Bonchev–Trinajstić information content (AvgIpc) is 0.876. The molecule has 2 aromatic heterocycles. The molecule has 0 bridgehead atoms. The molecule has 0 aliphatic carbocycles. The Morgan fingerprint density at radius 2 is 1.37 bits per heavy atom. The molecule has 21 N–H and O–H groups in total. The van der Waals surface area contributed by atoms with Crippen LogP contribution in [0.5, 0.6) is 0 Å². The molecule has 586 valence electrons. The van der Waals surface area contributed by atoms with Gasteiger partial charge in [-0.05, 0) is 84.1 Å². The number of hydrogen-bond acceptors (Lipinski definition) is 27. The van der Waals surface area contributed by atoms with E-state index in [2.05, 4.69) is 83.8 Å². The topological polar surface area (TPSA) is 582 Å². The molecule has 0 aliphatic rings. The number of aryl methyl sites for hydroxylation is 1. The Morgan fingerprint density at radius 3 is 1.95 bits per heavy atom. The minimum absolute atomic E-state index is 0.0362. The third kappa shape index (κ3) is 35.0. The number of nitrogens with zero attached hydrogens (tertiary/aromatic N) is 5. The zero-order valence-corrected chi connectivity index (χ0v) is 59.6. The molecule has 4 unspecified atom stereocenters. The number of carboxylic acids is 1. The van der Waals surface area contributed by atoms with E-state index in [1.165, 1.54) is 46.2 Å². The van der Waals surface area contributed by atoms with Gasteiger partial charge in [0.1, 0.15) is 48.3 Å². The second kappa shape index (κ2) is 49.5. The van der Waals surface area contributed by atoms with Gasteiger partial charge in [0.25, 0.3) is 0 Å². The van der Waals surface area contributed by atoms with E-state index in [0.29, 0.717) is 58.9 Å². The molecule has 1 aromatic carbocycles. The van der Waals surface area contributed by atoms with Gasteiger partial charge in [-0.25, -0.2) is 9.37 Å². The maximum absolute atomic E-state index is 14.6. The van der Waals surface area contributed by atoms with Crippen LogP contribution in [-0.2, 0) is 92.7 Å². The van der Waals surface area contributed by atoms with Gasteiger partial charge < -0.3 is 103 Å². The molecule has 40 heteroatoms. The molecule has 0 saturated heterocycles. The van der Waals surface area contributed by atoms with Gasteiger partial charge in [-0.1, -0.05) is 41.6 Å². The molecule has 2 heterocycles. The first kappa shape index (κ1) is 90.0. The van der Waals surface area contributed by atoms with E-state index < -0.39 is 152 Å². The smallest absolute Gasteiger partial charge is 0.305 e. The number of aliphatic carboxylic acids is 1. The normalized spacial score (nSPS) is 15.0. The Balaban J connectivity index is 1.57. The van der Waals surface area contributed by atoms with Gasteiger partial charge in [0.05, 0.1) is 116 Å². The fourth-order valence-corrected chi connectivity index (χ4v) is 9.68. The van der Waals surface area contributed by atoms with Crippen molar-refractivity contribution in [2.75, 3.05) is 85.6 Å². The van der Waals surface area contributed by atoms with Crippen molar-refractivity contribution in [2.45, 2.75) is 160 Å². The number of aromatic amines is 2. The summed E-state index contributed by atoms with van der Waals surface area (Å²) in [5, 5.41) is 112. The summed E-state index contributed by atoms with van der Waals surface area (Å²) in [6.45, 7) is 8.34. The summed E-state index contributed by atoms with van der Waals surface area (Å²) < 4.78 is 34.5. The molecule has 3 aromatic rings. The third-order valence-electron chi connectivity index (χ3n) is 15.5. The number of carbonyl (C=O) groups is 10. The lowest BCUT2D eigenvalue weighted by Gasteiger charge is -2.36. The number of aliphatic hydroxyl groups excluding tert-OH is 6. The molecule has 0 fully saturated rings. The van der Waals surface area contributed by atoms with Crippen molar-refractivity contribution in [1.82, 2.24) is 88.7 Å². The van der Waals surface area contributed by atoms with E-state index >= 15 is 0 Å². The first-order valence-electron chi connectivity index (χ1n) is 33.8. The van der Waals surface area contributed by atoms with Gasteiger partial charge in [0.2, 0.25) is 53.2 Å². The maximum atomic E-state index is 14.6. The van der Waals surface area contributed by atoms with Crippen molar-refractivity contribution in [2.24, 2.45) is 11.1 Å². The lowest BCUT2D eigenvalue weighted by Crippen LogP contribution is -2.62. The predicted octanol–water partition coefficient (Wildman–Crippen LogP) is -6.03. The number of carboxylic acid groups (broad SMARTS) is 1. The molecule has 105 heavy (non-hydrogen) atoms. The van der Waals surface area contributed by atoms with E-state index in [4.69, 9.17) is 29.8 Å². The average molecular weight is 1490 g/mol. The number of benzene rings is 1. The number of hydrogen-bond donors (Lipinski definition) is 20. The van der Waals surface area contributed by atoms with Gasteiger partial charge in [0.15, 0.2) is 5.82 Å². The second-order valence-electron chi connectivity index (χ2n) is 24.3. The van der Waals surface area contributed by atoms with E-state index in [9.17, 15) is 83.0 Å². The first-order valence-corrected chi connectivity index (χ1v) is 33.8. The van der Waals surface area contributed by atoms with Crippen LogP contribution in [0.25, 0.3) is 0 Å².